The molecule has 31 heavy (non-hydrogen) atoms. The van der Waals surface area contributed by atoms with Crippen LogP contribution in [0.2, 0.25) is 0 Å². The number of nitrogens with one attached hydrogen (secondary N) is 1. The molecular weight excluding hydrogens is 392 g/mol. The molecule has 3 aromatic rings. The molecule has 1 aliphatic carbocycles. The lowest BCUT2D eigenvalue weighted by Gasteiger charge is -2.33. The summed E-state index contributed by atoms with van der Waals surface area (Å²) in [6, 6.07) is 5.81. The van der Waals surface area contributed by atoms with E-state index in [0.29, 0.717) is 17.4 Å². The molecule has 3 N–H and O–H groups in total. The summed E-state index contributed by atoms with van der Waals surface area (Å²) in [6.45, 7) is 4.11. The Hall–Kier alpha value is -3.20. The minimum Gasteiger partial charge on any atom is -0.394 e. The van der Waals surface area contributed by atoms with E-state index < -0.39 is 0 Å². The third-order valence-corrected chi connectivity index (χ3v) is 6.35. The minimum atomic E-state index is -0.168. The predicted octanol–water partition coefficient (Wildman–Crippen LogP) is 2.38. The quantitative estimate of drug-likeness (QED) is 0.663. The number of nitrogens with zero attached hydrogens (tertiary/aromatic N) is 6. The summed E-state index contributed by atoms with van der Waals surface area (Å²) in [5, 5.41) is 3.95. The lowest BCUT2D eigenvalue weighted by atomic mass is 10.2. The van der Waals surface area contributed by atoms with Crippen LogP contribution in [0.15, 0.2) is 35.4 Å². The van der Waals surface area contributed by atoms with Crippen molar-refractivity contribution in [3.8, 4) is 0 Å². The van der Waals surface area contributed by atoms with Crippen molar-refractivity contribution in [2.45, 2.75) is 31.7 Å². The van der Waals surface area contributed by atoms with E-state index in [1.54, 1.807) is 16.8 Å². The Bertz CT molecular complexity index is 1130. The van der Waals surface area contributed by atoms with Crippen molar-refractivity contribution in [1.29, 1.82) is 0 Å². The third kappa shape index (κ3) is 3.93. The van der Waals surface area contributed by atoms with Crippen molar-refractivity contribution < 1.29 is 0 Å². The fourth-order valence-electron chi connectivity index (χ4n) is 4.53. The first-order chi connectivity index (χ1) is 15.1. The van der Waals surface area contributed by atoms with Crippen LogP contribution >= 0.6 is 0 Å². The van der Waals surface area contributed by atoms with Gasteiger partial charge in [0.25, 0.3) is 5.56 Å². The molecular formula is C22H28N8O. The topological polar surface area (TPSA) is 105 Å². The van der Waals surface area contributed by atoms with Gasteiger partial charge in [0.2, 0.25) is 5.95 Å². The van der Waals surface area contributed by atoms with Gasteiger partial charge in [0.05, 0.1) is 17.6 Å². The maximum absolute atomic E-state index is 12.8. The van der Waals surface area contributed by atoms with Gasteiger partial charge in [-0.15, -0.1) is 0 Å². The van der Waals surface area contributed by atoms with Crippen LogP contribution in [-0.2, 0) is 0 Å². The highest BCUT2D eigenvalue weighted by Gasteiger charge is 2.22. The zero-order valence-electron chi connectivity index (χ0n) is 17.8. The third-order valence-electron chi connectivity index (χ3n) is 6.35. The molecule has 0 aromatic carbocycles. The standard InChI is InChI=1S/C22H28N8O/c1-28-8-10-29(11-9-28)17-6-7-19(24-14-17)26-22-25-13-15-12-18(23)21(31)30(20(15)27-22)16-4-2-3-5-16/h6-7,12-14,16H,2-5,8-11,23H2,1H3,(H,24,25,26,27). The van der Waals surface area contributed by atoms with E-state index in [4.69, 9.17) is 5.73 Å². The number of anilines is 4. The molecule has 0 bridgehead atoms. The number of pyridine rings is 2. The molecule has 9 heteroatoms. The SMILES string of the molecule is CN1CCN(c2ccc(Nc3ncc4cc(N)c(=O)n(C5CCCC5)c4n3)nc2)CC1. The molecule has 0 spiro atoms. The number of rotatable bonds is 4. The molecule has 0 amide bonds. The number of nitrogen functional groups attached to an aromatic ring is 1. The van der Waals surface area contributed by atoms with Crippen molar-refractivity contribution in [2.75, 3.05) is 49.2 Å². The van der Waals surface area contributed by atoms with E-state index in [-0.39, 0.29) is 17.3 Å². The molecule has 4 heterocycles. The van der Waals surface area contributed by atoms with Crippen LogP contribution in [0.4, 0.5) is 23.1 Å². The molecule has 0 unspecified atom stereocenters. The molecule has 9 nitrogen and oxygen atoms in total. The van der Waals surface area contributed by atoms with Gasteiger partial charge in [-0.3, -0.25) is 9.36 Å². The summed E-state index contributed by atoms with van der Waals surface area (Å²) < 4.78 is 1.76. The summed E-state index contributed by atoms with van der Waals surface area (Å²) >= 11 is 0. The maximum atomic E-state index is 12.8. The van der Waals surface area contributed by atoms with Crippen LogP contribution in [-0.4, -0.2) is 57.6 Å². The molecule has 2 fully saturated rings. The van der Waals surface area contributed by atoms with Gasteiger partial charge in [0.15, 0.2) is 0 Å². The van der Waals surface area contributed by atoms with E-state index in [9.17, 15) is 4.79 Å². The summed E-state index contributed by atoms with van der Waals surface area (Å²) in [4.78, 5) is 31.1. The molecule has 5 rings (SSSR count). The summed E-state index contributed by atoms with van der Waals surface area (Å²) in [6.07, 6.45) is 7.77. The average Bonchev–Trinajstić information content (AvgIpc) is 3.30. The summed E-state index contributed by atoms with van der Waals surface area (Å²) in [7, 11) is 2.15. The van der Waals surface area contributed by atoms with Crippen molar-refractivity contribution >= 4 is 34.2 Å². The Morgan fingerprint density at radius 3 is 2.55 bits per heavy atom. The smallest absolute Gasteiger partial charge is 0.275 e. The molecule has 1 saturated carbocycles. The molecule has 1 saturated heterocycles. The molecule has 1 aliphatic heterocycles. The molecule has 0 radical (unpaired) electrons. The highest BCUT2D eigenvalue weighted by Crippen LogP contribution is 2.31. The largest absolute Gasteiger partial charge is 0.394 e. The molecule has 0 atom stereocenters. The summed E-state index contributed by atoms with van der Waals surface area (Å²) in [5.74, 6) is 1.09. The normalized spacial score (nSPS) is 18.0. The van der Waals surface area contributed by atoms with Crippen molar-refractivity contribution in [3.05, 3.63) is 40.9 Å². The Kier molecular flexibility index (Phi) is 5.19. The Morgan fingerprint density at radius 2 is 1.84 bits per heavy atom. The number of aromatic nitrogens is 4. The highest BCUT2D eigenvalue weighted by molar-refractivity contribution is 5.79. The Morgan fingerprint density at radius 1 is 1.06 bits per heavy atom. The van der Waals surface area contributed by atoms with Crippen molar-refractivity contribution in [3.63, 3.8) is 0 Å². The van der Waals surface area contributed by atoms with Gasteiger partial charge in [0.1, 0.15) is 11.5 Å². The lowest BCUT2D eigenvalue weighted by molar-refractivity contribution is 0.313. The van der Waals surface area contributed by atoms with Crippen molar-refractivity contribution in [1.82, 2.24) is 24.4 Å². The molecule has 3 aromatic heterocycles. The average molecular weight is 421 g/mol. The van der Waals surface area contributed by atoms with Crippen LogP contribution in [0.3, 0.4) is 0 Å². The van der Waals surface area contributed by atoms with Crippen LogP contribution in [0.1, 0.15) is 31.7 Å². The first-order valence-electron chi connectivity index (χ1n) is 10.9. The zero-order valence-corrected chi connectivity index (χ0v) is 17.8. The van der Waals surface area contributed by atoms with Gasteiger partial charge in [-0.1, -0.05) is 12.8 Å². The van der Waals surface area contributed by atoms with Gasteiger partial charge in [0, 0.05) is 43.8 Å². The Labute approximate surface area is 180 Å². The maximum Gasteiger partial charge on any atom is 0.275 e. The van der Waals surface area contributed by atoms with Crippen LogP contribution < -0.4 is 21.5 Å². The lowest BCUT2D eigenvalue weighted by Crippen LogP contribution is -2.44. The van der Waals surface area contributed by atoms with E-state index >= 15 is 0 Å². The van der Waals surface area contributed by atoms with Gasteiger partial charge in [-0.2, -0.15) is 4.98 Å². The number of hydrogen-bond donors (Lipinski definition) is 2. The minimum absolute atomic E-state index is 0.141. The number of hydrogen-bond acceptors (Lipinski definition) is 8. The van der Waals surface area contributed by atoms with Crippen molar-refractivity contribution in [2.24, 2.45) is 0 Å². The number of fused-ring (bicyclic) bond motifs is 1. The van der Waals surface area contributed by atoms with Gasteiger partial charge in [-0.25, -0.2) is 9.97 Å². The number of nitrogens with two attached hydrogens (primary N) is 1. The van der Waals surface area contributed by atoms with Crippen LogP contribution in [0, 0.1) is 0 Å². The van der Waals surface area contributed by atoms with Crippen LogP contribution in [0.5, 0.6) is 0 Å². The fourth-order valence-corrected chi connectivity index (χ4v) is 4.53. The first kappa shape index (κ1) is 19.7. The number of likely N-dealkylation sites (N-methyl/N-ethyl adjacent to an activating group) is 1. The predicted molar refractivity (Wildman–Crippen MR) is 123 cm³/mol. The monoisotopic (exact) mass is 420 g/mol. The van der Waals surface area contributed by atoms with E-state index in [2.05, 4.69) is 43.2 Å². The molecule has 2 aliphatic rings. The van der Waals surface area contributed by atoms with Gasteiger partial charge < -0.3 is 20.9 Å². The Balaban J connectivity index is 1.41. The van der Waals surface area contributed by atoms with Gasteiger partial charge >= 0.3 is 0 Å². The first-order valence-corrected chi connectivity index (χ1v) is 10.9. The van der Waals surface area contributed by atoms with E-state index in [1.807, 2.05) is 12.3 Å². The van der Waals surface area contributed by atoms with Crippen LogP contribution in [0.25, 0.3) is 11.0 Å². The highest BCUT2D eigenvalue weighted by atomic mass is 16.1. The second-order valence-corrected chi connectivity index (χ2v) is 8.50. The second kappa shape index (κ2) is 8.14. The van der Waals surface area contributed by atoms with Gasteiger partial charge in [-0.05, 0) is 38.1 Å². The second-order valence-electron chi connectivity index (χ2n) is 8.50. The fraction of sp³-hybridized carbons (Fsp3) is 0.455. The summed E-state index contributed by atoms with van der Waals surface area (Å²) in [5.41, 5.74) is 7.79. The zero-order chi connectivity index (χ0) is 21.4. The number of piperazine rings is 1. The van der Waals surface area contributed by atoms with E-state index in [1.165, 1.54) is 0 Å². The van der Waals surface area contributed by atoms with E-state index in [0.717, 1.165) is 62.9 Å². The molecule has 162 valence electrons.